The quantitative estimate of drug-likeness (QED) is 0.655. The number of amides is 1. The smallest absolute Gasteiger partial charge is 0.416 e. The normalized spacial score (nSPS) is 16.8. The van der Waals surface area contributed by atoms with Crippen LogP contribution >= 0.6 is 11.6 Å². The Kier molecular flexibility index (Phi) is 4.88. The molecule has 1 aliphatic heterocycles. The number of fused-ring (bicyclic) bond motifs is 1. The molecule has 0 saturated carbocycles. The highest BCUT2D eigenvalue weighted by atomic mass is 35.5. The molecule has 1 unspecified atom stereocenters. The van der Waals surface area contributed by atoms with E-state index in [4.69, 9.17) is 16.3 Å². The highest BCUT2D eigenvalue weighted by Gasteiger charge is 2.41. The van der Waals surface area contributed by atoms with Crippen LogP contribution in [0.15, 0.2) is 36.4 Å². The molecule has 0 spiro atoms. The molecule has 0 bridgehead atoms. The SMILES string of the molecule is CCCC1C(=O)N(c2cc(Cl)ccc2OC)c2cc(C(F)(F)F)ccc21. The summed E-state index contributed by atoms with van der Waals surface area (Å²) in [6.07, 6.45) is -3.21. The van der Waals surface area contributed by atoms with E-state index in [0.29, 0.717) is 28.4 Å². The lowest BCUT2D eigenvalue weighted by atomic mass is 9.95. The summed E-state index contributed by atoms with van der Waals surface area (Å²) < 4.78 is 44.9. The van der Waals surface area contributed by atoms with Crippen LogP contribution in [0.2, 0.25) is 5.02 Å². The number of carbonyl (C=O) groups is 1. The topological polar surface area (TPSA) is 29.5 Å². The molecule has 3 nitrogen and oxygen atoms in total. The van der Waals surface area contributed by atoms with Crippen LogP contribution in [0.4, 0.5) is 24.5 Å². The van der Waals surface area contributed by atoms with Crippen molar-refractivity contribution in [3.8, 4) is 5.75 Å². The molecule has 0 radical (unpaired) electrons. The van der Waals surface area contributed by atoms with Crippen molar-refractivity contribution in [2.24, 2.45) is 0 Å². The van der Waals surface area contributed by atoms with E-state index in [9.17, 15) is 18.0 Å². The Hall–Kier alpha value is -2.21. The van der Waals surface area contributed by atoms with Crippen molar-refractivity contribution in [2.45, 2.75) is 31.9 Å². The second-order valence-electron chi connectivity index (χ2n) is 6.10. The third-order valence-electron chi connectivity index (χ3n) is 4.45. The third-order valence-corrected chi connectivity index (χ3v) is 4.69. The second-order valence-corrected chi connectivity index (χ2v) is 6.54. The Labute approximate surface area is 154 Å². The lowest BCUT2D eigenvalue weighted by Gasteiger charge is -2.21. The van der Waals surface area contributed by atoms with Gasteiger partial charge < -0.3 is 4.74 Å². The number of carbonyl (C=O) groups excluding carboxylic acids is 1. The van der Waals surface area contributed by atoms with Gasteiger partial charge in [0, 0.05) is 5.02 Å². The molecule has 1 amide bonds. The van der Waals surface area contributed by atoms with Crippen molar-refractivity contribution in [2.75, 3.05) is 12.0 Å². The standard InChI is InChI=1S/C19H17ClF3NO2/c1-3-4-14-13-7-5-11(19(21,22)23)9-15(13)24(18(14)25)16-10-12(20)6-8-17(16)26-2/h5-10,14H,3-4H2,1-2H3. The highest BCUT2D eigenvalue weighted by Crippen LogP contribution is 2.48. The van der Waals surface area contributed by atoms with Gasteiger partial charge in [-0.2, -0.15) is 13.2 Å². The fourth-order valence-electron chi connectivity index (χ4n) is 3.27. The van der Waals surface area contributed by atoms with Gasteiger partial charge in [-0.1, -0.05) is 31.0 Å². The van der Waals surface area contributed by atoms with Gasteiger partial charge in [-0.25, -0.2) is 0 Å². The number of hydrogen-bond acceptors (Lipinski definition) is 2. The van der Waals surface area contributed by atoms with Gasteiger partial charge in [0.15, 0.2) is 0 Å². The van der Waals surface area contributed by atoms with Gasteiger partial charge in [0.1, 0.15) is 5.75 Å². The first kappa shape index (κ1) is 18.6. The summed E-state index contributed by atoms with van der Waals surface area (Å²) in [5.41, 5.74) is 0.354. The molecular formula is C19H17ClF3NO2. The maximum Gasteiger partial charge on any atom is 0.416 e. The average Bonchev–Trinajstić information content (AvgIpc) is 2.86. The van der Waals surface area contributed by atoms with Crippen LogP contribution in [0, 0.1) is 0 Å². The zero-order chi connectivity index (χ0) is 19.1. The molecule has 2 aromatic carbocycles. The van der Waals surface area contributed by atoms with Crippen LogP contribution in [0.3, 0.4) is 0 Å². The van der Waals surface area contributed by atoms with Gasteiger partial charge in [0.2, 0.25) is 5.91 Å². The molecule has 26 heavy (non-hydrogen) atoms. The number of halogens is 4. The van der Waals surface area contributed by atoms with E-state index in [1.165, 1.54) is 24.1 Å². The van der Waals surface area contributed by atoms with Crippen molar-refractivity contribution >= 4 is 28.9 Å². The summed E-state index contributed by atoms with van der Waals surface area (Å²) in [4.78, 5) is 14.3. The minimum Gasteiger partial charge on any atom is -0.495 e. The first-order valence-electron chi connectivity index (χ1n) is 8.16. The Morgan fingerprint density at radius 3 is 2.50 bits per heavy atom. The molecular weight excluding hydrogens is 367 g/mol. The summed E-state index contributed by atoms with van der Waals surface area (Å²) in [7, 11) is 1.43. The van der Waals surface area contributed by atoms with Crippen LogP contribution in [0.25, 0.3) is 0 Å². The Bertz CT molecular complexity index is 851. The zero-order valence-corrected chi connectivity index (χ0v) is 15.0. The average molecular weight is 384 g/mol. The van der Waals surface area contributed by atoms with E-state index in [-0.39, 0.29) is 11.6 Å². The third kappa shape index (κ3) is 3.14. The van der Waals surface area contributed by atoms with Gasteiger partial charge in [-0.3, -0.25) is 9.69 Å². The Morgan fingerprint density at radius 1 is 1.15 bits per heavy atom. The minimum atomic E-state index is -4.50. The predicted molar refractivity (Wildman–Crippen MR) is 94.2 cm³/mol. The zero-order valence-electron chi connectivity index (χ0n) is 14.2. The van der Waals surface area contributed by atoms with Gasteiger partial charge in [-0.05, 0) is 42.3 Å². The van der Waals surface area contributed by atoms with Crippen molar-refractivity contribution in [1.29, 1.82) is 0 Å². The minimum absolute atomic E-state index is 0.226. The van der Waals surface area contributed by atoms with E-state index in [0.717, 1.165) is 18.6 Å². The first-order valence-corrected chi connectivity index (χ1v) is 8.54. The maximum absolute atomic E-state index is 13.2. The van der Waals surface area contributed by atoms with E-state index in [2.05, 4.69) is 0 Å². The Morgan fingerprint density at radius 2 is 1.88 bits per heavy atom. The fraction of sp³-hybridized carbons (Fsp3) is 0.316. The summed E-state index contributed by atoms with van der Waals surface area (Å²) in [5, 5.41) is 0.362. The maximum atomic E-state index is 13.2. The molecule has 1 atom stereocenters. The van der Waals surface area contributed by atoms with Gasteiger partial charge in [0.05, 0.1) is 30.0 Å². The van der Waals surface area contributed by atoms with E-state index in [1.54, 1.807) is 12.1 Å². The Balaban J connectivity index is 2.22. The molecule has 0 aromatic heterocycles. The molecule has 0 N–H and O–H groups in total. The number of methoxy groups -OCH3 is 1. The summed E-state index contributed by atoms with van der Waals surface area (Å²) in [6.45, 7) is 1.93. The number of alkyl halides is 3. The summed E-state index contributed by atoms with van der Waals surface area (Å²) in [5.74, 6) is -0.397. The molecule has 0 aliphatic carbocycles. The van der Waals surface area contributed by atoms with Crippen LogP contribution in [-0.2, 0) is 11.0 Å². The van der Waals surface area contributed by atoms with Crippen molar-refractivity contribution < 1.29 is 22.7 Å². The van der Waals surface area contributed by atoms with Crippen LogP contribution < -0.4 is 9.64 Å². The number of rotatable bonds is 4. The number of hydrogen-bond donors (Lipinski definition) is 0. The molecule has 0 saturated heterocycles. The highest BCUT2D eigenvalue weighted by molar-refractivity contribution is 6.31. The number of ether oxygens (including phenoxy) is 1. The van der Waals surface area contributed by atoms with Crippen LogP contribution in [0.5, 0.6) is 5.75 Å². The molecule has 138 valence electrons. The van der Waals surface area contributed by atoms with E-state index in [1.807, 2.05) is 6.92 Å². The molecule has 1 heterocycles. The molecule has 1 aliphatic rings. The van der Waals surface area contributed by atoms with E-state index >= 15 is 0 Å². The summed E-state index contributed by atoms with van der Waals surface area (Å²) >= 11 is 6.05. The second kappa shape index (κ2) is 6.83. The van der Waals surface area contributed by atoms with Gasteiger partial charge >= 0.3 is 6.18 Å². The number of anilines is 2. The predicted octanol–water partition coefficient (Wildman–Crippen LogP) is 5.93. The molecule has 7 heteroatoms. The van der Waals surface area contributed by atoms with Crippen LogP contribution in [-0.4, -0.2) is 13.0 Å². The summed E-state index contributed by atoms with van der Waals surface area (Å²) in [6, 6.07) is 8.15. The molecule has 0 fully saturated rings. The monoisotopic (exact) mass is 383 g/mol. The van der Waals surface area contributed by atoms with Crippen molar-refractivity contribution in [1.82, 2.24) is 0 Å². The van der Waals surface area contributed by atoms with Gasteiger partial charge in [-0.15, -0.1) is 0 Å². The fourth-order valence-corrected chi connectivity index (χ4v) is 3.44. The van der Waals surface area contributed by atoms with Crippen LogP contribution in [0.1, 0.15) is 36.8 Å². The van der Waals surface area contributed by atoms with Gasteiger partial charge in [0.25, 0.3) is 0 Å². The number of nitrogens with zero attached hydrogens (tertiary/aromatic N) is 1. The first-order chi connectivity index (χ1) is 12.3. The molecule has 2 aromatic rings. The van der Waals surface area contributed by atoms with E-state index < -0.39 is 17.7 Å². The van der Waals surface area contributed by atoms with Crippen molar-refractivity contribution in [3.63, 3.8) is 0 Å². The number of benzene rings is 2. The lowest BCUT2D eigenvalue weighted by molar-refractivity contribution is -0.137. The van der Waals surface area contributed by atoms with Crippen molar-refractivity contribution in [3.05, 3.63) is 52.5 Å². The lowest BCUT2D eigenvalue weighted by Crippen LogP contribution is -2.24. The largest absolute Gasteiger partial charge is 0.495 e. The molecule has 3 rings (SSSR count).